The third-order valence-electron chi connectivity index (χ3n) is 5.30. The van der Waals surface area contributed by atoms with E-state index in [1.54, 1.807) is 11.3 Å². The number of fused-ring (bicyclic) bond motifs is 3. The first-order valence-corrected chi connectivity index (χ1v) is 10.4. The summed E-state index contributed by atoms with van der Waals surface area (Å²) >= 11 is 1.68. The van der Waals surface area contributed by atoms with Crippen molar-refractivity contribution in [2.45, 2.75) is 39.8 Å². The molecule has 1 fully saturated rings. The molecule has 7 heteroatoms. The maximum Gasteiger partial charge on any atom is 0.226 e. The number of hydrogen-bond donors (Lipinski definition) is 0. The Morgan fingerprint density at radius 3 is 2.86 bits per heavy atom. The standard InChI is InChI=1S/C21H21N5OS/c1-13-8-14(2)19-16(9-13)10-17(20-22-23-24-26(19)20)11-25(21(27)15-5-6-15)12-18-4-3-7-28-18/h3-4,7-10,15H,5-6,11-12H2,1-2H3. The Kier molecular flexibility index (Phi) is 4.12. The molecule has 1 aromatic carbocycles. The normalized spacial score (nSPS) is 14.1. The summed E-state index contributed by atoms with van der Waals surface area (Å²) in [6.45, 7) is 5.32. The van der Waals surface area contributed by atoms with Crippen LogP contribution >= 0.6 is 11.3 Å². The van der Waals surface area contributed by atoms with Gasteiger partial charge in [0.2, 0.25) is 5.91 Å². The van der Waals surface area contributed by atoms with Crippen LogP contribution in [0.25, 0.3) is 16.6 Å². The number of carbonyl (C=O) groups excluding carboxylic acids is 1. The largest absolute Gasteiger partial charge is 0.333 e. The van der Waals surface area contributed by atoms with Gasteiger partial charge in [-0.3, -0.25) is 4.79 Å². The summed E-state index contributed by atoms with van der Waals surface area (Å²) in [6.07, 6.45) is 2.00. The van der Waals surface area contributed by atoms with Crippen molar-refractivity contribution >= 4 is 33.8 Å². The molecule has 4 aromatic rings. The molecule has 0 spiro atoms. The second kappa shape index (κ2) is 6.67. The number of benzene rings is 1. The maximum atomic E-state index is 13.0. The van der Waals surface area contributed by atoms with Crippen LogP contribution in [0.2, 0.25) is 0 Å². The van der Waals surface area contributed by atoms with Crippen molar-refractivity contribution in [1.82, 2.24) is 24.9 Å². The number of nitrogens with zero attached hydrogens (tertiary/aromatic N) is 5. The van der Waals surface area contributed by atoms with Crippen molar-refractivity contribution < 1.29 is 4.79 Å². The van der Waals surface area contributed by atoms with Gasteiger partial charge >= 0.3 is 0 Å². The monoisotopic (exact) mass is 391 g/mol. The Morgan fingerprint density at radius 1 is 1.25 bits per heavy atom. The molecule has 0 radical (unpaired) electrons. The molecule has 3 aromatic heterocycles. The minimum Gasteiger partial charge on any atom is -0.333 e. The lowest BCUT2D eigenvalue weighted by molar-refractivity contribution is -0.133. The van der Waals surface area contributed by atoms with Gasteiger partial charge in [-0.2, -0.15) is 4.52 Å². The third-order valence-corrected chi connectivity index (χ3v) is 6.16. The summed E-state index contributed by atoms with van der Waals surface area (Å²) in [7, 11) is 0. The summed E-state index contributed by atoms with van der Waals surface area (Å²) in [5, 5.41) is 15.6. The van der Waals surface area contributed by atoms with Gasteiger partial charge in [0.05, 0.1) is 12.1 Å². The molecule has 1 saturated carbocycles. The fraction of sp³-hybridized carbons (Fsp3) is 0.333. The second-order valence-corrected chi connectivity index (χ2v) is 8.68. The zero-order chi connectivity index (χ0) is 19.3. The molecule has 0 aliphatic heterocycles. The number of aryl methyl sites for hydroxylation is 2. The van der Waals surface area contributed by atoms with E-state index in [2.05, 4.69) is 59.0 Å². The van der Waals surface area contributed by atoms with Gasteiger partial charge in [-0.15, -0.1) is 16.4 Å². The van der Waals surface area contributed by atoms with Crippen molar-refractivity contribution in [3.8, 4) is 0 Å². The van der Waals surface area contributed by atoms with Crippen molar-refractivity contribution in [1.29, 1.82) is 0 Å². The van der Waals surface area contributed by atoms with Gasteiger partial charge in [0.1, 0.15) is 0 Å². The average molecular weight is 392 g/mol. The van der Waals surface area contributed by atoms with Gasteiger partial charge in [-0.25, -0.2) is 0 Å². The minimum absolute atomic E-state index is 0.178. The van der Waals surface area contributed by atoms with E-state index < -0.39 is 0 Å². The SMILES string of the molecule is Cc1cc(C)c2c(c1)cc(CN(Cc1cccs1)C(=O)C1CC1)c1nnnn12. The second-order valence-electron chi connectivity index (χ2n) is 7.65. The summed E-state index contributed by atoms with van der Waals surface area (Å²) < 4.78 is 1.81. The van der Waals surface area contributed by atoms with Crippen molar-refractivity contribution in [3.63, 3.8) is 0 Å². The fourth-order valence-electron chi connectivity index (χ4n) is 3.90. The van der Waals surface area contributed by atoms with Gasteiger partial charge in [0.15, 0.2) is 5.65 Å². The Bertz CT molecular complexity index is 1180. The van der Waals surface area contributed by atoms with Crippen LogP contribution in [0.15, 0.2) is 35.7 Å². The Hall–Kier alpha value is -2.80. The van der Waals surface area contributed by atoms with E-state index in [1.807, 2.05) is 15.5 Å². The van der Waals surface area contributed by atoms with E-state index in [1.165, 1.54) is 10.4 Å². The smallest absolute Gasteiger partial charge is 0.226 e. The van der Waals surface area contributed by atoms with Gasteiger partial charge < -0.3 is 4.90 Å². The van der Waals surface area contributed by atoms with Crippen LogP contribution in [-0.4, -0.2) is 30.8 Å². The summed E-state index contributed by atoms with van der Waals surface area (Å²) in [5.41, 5.74) is 5.07. The number of tetrazole rings is 1. The number of carbonyl (C=O) groups is 1. The highest BCUT2D eigenvalue weighted by molar-refractivity contribution is 7.09. The van der Waals surface area contributed by atoms with E-state index >= 15 is 0 Å². The third kappa shape index (κ3) is 3.05. The molecule has 142 valence electrons. The lowest BCUT2D eigenvalue weighted by Gasteiger charge is -2.23. The van der Waals surface area contributed by atoms with E-state index in [-0.39, 0.29) is 11.8 Å². The highest BCUT2D eigenvalue weighted by atomic mass is 32.1. The lowest BCUT2D eigenvalue weighted by Crippen LogP contribution is -2.31. The predicted molar refractivity (Wildman–Crippen MR) is 109 cm³/mol. The van der Waals surface area contributed by atoms with E-state index in [0.717, 1.165) is 40.5 Å². The number of thiophene rings is 1. The van der Waals surface area contributed by atoms with Crippen molar-refractivity contribution in [2.75, 3.05) is 0 Å². The number of amides is 1. The van der Waals surface area contributed by atoms with Crippen LogP contribution in [0.4, 0.5) is 0 Å². The van der Waals surface area contributed by atoms with Crippen LogP contribution < -0.4 is 0 Å². The minimum atomic E-state index is 0.178. The molecular weight excluding hydrogens is 370 g/mol. The van der Waals surface area contributed by atoms with Gasteiger partial charge in [-0.1, -0.05) is 17.7 Å². The molecule has 1 amide bonds. The number of hydrogen-bond acceptors (Lipinski definition) is 5. The first-order chi connectivity index (χ1) is 13.6. The number of aromatic nitrogens is 4. The summed E-state index contributed by atoms with van der Waals surface area (Å²) in [5.74, 6) is 0.413. The molecule has 3 heterocycles. The Labute approximate surface area is 166 Å². The summed E-state index contributed by atoms with van der Waals surface area (Å²) in [6, 6.07) is 10.5. The molecule has 0 N–H and O–H groups in total. The van der Waals surface area contributed by atoms with E-state index in [0.29, 0.717) is 13.1 Å². The zero-order valence-electron chi connectivity index (χ0n) is 15.9. The lowest BCUT2D eigenvalue weighted by atomic mass is 10.0. The van der Waals surface area contributed by atoms with E-state index in [9.17, 15) is 4.79 Å². The first kappa shape index (κ1) is 17.3. The highest BCUT2D eigenvalue weighted by Crippen LogP contribution is 2.33. The zero-order valence-corrected chi connectivity index (χ0v) is 16.7. The summed E-state index contributed by atoms with van der Waals surface area (Å²) in [4.78, 5) is 16.1. The molecule has 1 aliphatic carbocycles. The van der Waals surface area contributed by atoms with Crippen LogP contribution in [0.3, 0.4) is 0 Å². The maximum absolute atomic E-state index is 13.0. The topological polar surface area (TPSA) is 63.4 Å². The Balaban J connectivity index is 1.59. The Morgan fingerprint density at radius 2 is 2.11 bits per heavy atom. The van der Waals surface area contributed by atoms with Crippen molar-refractivity contribution in [2.24, 2.45) is 5.92 Å². The van der Waals surface area contributed by atoms with Gasteiger partial charge in [-0.05, 0) is 66.3 Å². The van der Waals surface area contributed by atoms with Crippen molar-refractivity contribution in [3.05, 3.63) is 57.3 Å². The molecule has 5 rings (SSSR count). The highest BCUT2D eigenvalue weighted by Gasteiger charge is 2.34. The molecule has 28 heavy (non-hydrogen) atoms. The molecule has 0 bridgehead atoms. The molecular formula is C21H21N5OS. The van der Waals surface area contributed by atoms with Gasteiger partial charge in [0.25, 0.3) is 0 Å². The molecule has 1 aliphatic rings. The number of pyridine rings is 1. The molecule has 6 nitrogen and oxygen atoms in total. The van der Waals surface area contributed by atoms with Gasteiger partial charge in [0, 0.05) is 28.3 Å². The van der Waals surface area contributed by atoms with E-state index in [4.69, 9.17) is 0 Å². The average Bonchev–Trinajstić information content (AvgIpc) is 3.16. The molecule has 0 unspecified atom stereocenters. The molecule has 0 saturated heterocycles. The predicted octanol–water partition coefficient (Wildman–Crippen LogP) is 3.89. The first-order valence-electron chi connectivity index (χ1n) is 9.52. The van der Waals surface area contributed by atoms with Crippen LogP contribution in [0.1, 0.15) is 34.4 Å². The quantitative estimate of drug-likeness (QED) is 0.518. The van der Waals surface area contributed by atoms with Crippen LogP contribution in [0, 0.1) is 19.8 Å². The molecule has 0 atom stereocenters. The van der Waals surface area contributed by atoms with Crippen LogP contribution in [0.5, 0.6) is 0 Å². The number of rotatable bonds is 5. The fourth-order valence-corrected chi connectivity index (χ4v) is 4.61. The van der Waals surface area contributed by atoms with Crippen LogP contribution in [-0.2, 0) is 17.9 Å².